The van der Waals surface area contributed by atoms with Crippen molar-refractivity contribution in [3.63, 3.8) is 0 Å². The minimum Gasteiger partial charge on any atom is -0.491 e. The molecule has 1 saturated heterocycles. The van der Waals surface area contributed by atoms with Gasteiger partial charge in [0.15, 0.2) is 0 Å². The first-order valence-corrected chi connectivity index (χ1v) is 13.5. The van der Waals surface area contributed by atoms with Gasteiger partial charge in [0.25, 0.3) is 0 Å². The van der Waals surface area contributed by atoms with Crippen LogP contribution in [0.4, 0.5) is 0 Å². The third-order valence-corrected chi connectivity index (χ3v) is 7.90. The van der Waals surface area contributed by atoms with Crippen molar-refractivity contribution in [3.05, 3.63) is 72.4 Å². The Labute approximate surface area is 218 Å². The summed E-state index contributed by atoms with van der Waals surface area (Å²) in [6.07, 6.45) is 6.17. The molecule has 2 N–H and O–H groups in total. The lowest BCUT2D eigenvalue weighted by molar-refractivity contribution is 0.237. The Balaban J connectivity index is 1.20. The molecule has 6 aromatic rings. The molecule has 0 radical (unpaired) electrons. The second kappa shape index (κ2) is 9.46. The van der Waals surface area contributed by atoms with E-state index in [2.05, 4.69) is 66.8 Å². The Kier molecular flexibility index (Phi) is 5.68. The molecule has 0 spiro atoms. The number of hydrogen-bond acceptors (Lipinski definition) is 6. The van der Waals surface area contributed by atoms with E-state index in [1.54, 1.807) is 17.5 Å². The quantitative estimate of drug-likeness (QED) is 0.263. The van der Waals surface area contributed by atoms with Crippen LogP contribution in [0.5, 0.6) is 5.75 Å². The molecule has 7 rings (SSSR count). The minimum atomic E-state index is 0.664. The van der Waals surface area contributed by atoms with E-state index >= 15 is 0 Å². The molecule has 0 atom stereocenters. The maximum absolute atomic E-state index is 6.02. The summed E-state index contributed by atoms with van der Waals surface area (Å²) in [5.74, 6) is 0.766. The highest BCUT2D eigenvalue weighted by Gasteiger charge is 2.16. The van der Waals surface area contributed by atoms with Crippen molar-refractivity contribution >= 4 is 33.3 Å². The van der Waals surface area contributed by atoms with E-state index in [4.69, 9.17) is 9.72 Å². The minimum absolute atomic E-state index is 0.664. The molecule has 0 bridgehead atoms. The first kappa shape index (κ1) is 22.2. The molecular formula is C29H26N6OS. The van der Waals surface area contributed by atoms with Crippen LogP contribution in [0.2, 0.25) is 0 Å². The Bertz CT molecular complexity index is 1680. The summed E-state index contributed by atoms with van der Waals surface area (Å²) in [6, 6.07) is 18.8. The number of nitrogens with one attached hydrogen (secondary N) is 2. The summed E-state index contributed by atoms with van der Waals surface area (Å²) in [6.45, 7) is 3.96. The zero-order chi connectivity index (χ0) is 24.6. The normalized spacial score (nSPS) is 14.2. The molecule has 5 aromatic heterocycles. The highest BCUT2D eigenvalue weighted by molar-refractivity contribution is 7.13. The maximum atomic E-state index is 6.02. The van der Waals surface area contributed by atoms with E-state index in [9.17, 15) is 0 Å². The summed E-state index contributed by atoms with van der Waals surface area (Å²) in [7, 11) is 0. The SMILES string of the molecule is c1csc(-c2cccc3[nH]c(-c4n[nH]c5ccc(-c6cncc(OCCN7CCCC7)c6)nc45)cc23)c1. The molecule has 0 saturated carbocycles. The number of benzene rings is 1. The van der Waals surface area contributed by atoms with Crippen LogP contribution in [-0.2, 0) is 0 Å². The Hall–Kier alpha value is -4.01. The van der Waals surface area contributed by atoms with Gasteiger partial charge >= 0.3 is 0 Å². The van der Waals surface area contributed by atoms with Crippen LogP contribution < -0.4 is 4.74 Å². The molecule has 8 heteroatoms. The van der Waals surface area contributed by atoms with Crippen LogP contribution in [0.25, 0.3) is 55.0 Å². The zero-order valence-corrected chi connectivity index (χ0v) is 21.1. The summed E-state index contributed by atoms with van der Waals surface area (Å²) < 4.78 is 6.02. The standard InChI is InChI=1S/C29H26N6OS/c1-2-11-35(10-1)12-13-36-20-15-19(17-30-18-20)23-8-9-25-28(32-23)29(34-33-25)26-16-22-21(27-7-4-14-37-27)5-3-6-24(22)31-26/h3-9,14-18,31H,1-2,10-13H2,(H,33,34). The third kappa shape index (κ3) is 4.28. The number of fused-ring (bicyclic) bond motifs is 2. The molecule has 1 aromatic carbocycles. The highest BCUT2D eigenvalue weighted by atomic mass is 32.1. The average Bonchev–Trinajstić information content (AvgIpc) is 3.74. The molecule has 37 heavy (non-hydrogen) atoms. The van der Waals surface area contributed by atoms with Crippen LogP contribution >= 0.6 is 11.3 Å². The van der Waals surface area contributed by atoms with Gasteiger partial charge in [-0.1, -0.05) is 18.2 Å². The average molecular weight is 507 g/mol. The molecule has 7 nitrogen and oxygen atoms in total. The third-order valence-electron chi connectivity index (χ3n) is 7.00. The van der Waals surface area contributed by atoms with E-state index in [0.717, 1.165) is 51.5 Å². The lowest BCUT2D eigenvalue weighted by Crippen LogP contribution is -2.25. The van der Waals surface area contributed by atoms with Gasteiger partial charge in [0, 0.05) is 39.6 Å². The number of rotatable bonds is 7. The summed E-state index contributed by atoms with van der Waals surface area (Å²) >= 11 is 1.75. The molecule has 0 unspecified atom stereocenters. The van der Waals surface area contributed by atoms with Gasteiger partial charge in [0.2, 0.25) is 0 Å². The van der Waals surface area contributed by atoms with Crippen molar-refractivity contribution in [1.82, 2.24) is 30.0 Å². The summed E-state index contributed by atoms with van der Waals surface area (Å²) in [4.78, 5) is 16.7. The Morgan fingerprint density at radius 3 is 2.81 bits per heavy atom. The van der Waals surface area contributed by atoms with Crippen molar-refractivity contribution in [2.45, 2.75) is 12.8 Å². The topological polar surface area (TPSA) is 82.7 Å². The smallest absolute Gasteiger partial charge is 0.138 e. The van der Waals surface area contributed by atoms with Crippen LogP contribution in [0, 0.1) is 0 Å². The molecule has 1 aliphatic heterocycles. The Morgan fingerprint density at radius 2 is 1.92 bits per heavy atom. The number of aromatic amines is 2. The van der Waals surface area contributed by atoms with Gasteiger partial charge < -0.3 is 9.72 Å². The number of ether oxygens (including phenoxy) is 1. The van der Waals surface area contributed by atoms with Crippen LogP contribution in [0.3, 0.4) is 0 Å². The van der Waals surface area contributed by atoms with E-state index < -0.39 is 0 Å². The predicted octanol–water partition coefficient (Wildman–Crippen LogP) is 6.37. The van der Waals surface area contributed by atoms with Crippen molar-refractivity contribution in [2.24, 2.45) is 0 Å². The fourth-order valence-corrected chi connectivity index (χ4v) is 5.88. The first-order valence-electron chi connectivity index (χ1n) is 12.6. The largest absolute Gasteiger partial charge is 0.491 e. The predicted molar refractivity (Wildman–Crippen MR) is 149 cm³/mol. The summed E-state index contributed by atoms with van der Waals surface area (Å²) in [5, 5.41) is 11.0. The molecule has 1 aliphatic rings. The summed E-state index contributed by atoms with van der Waals surface area (Å²) in [5.41, 5.74) is 7.51. The second-order valence-corrected chi connectivity index (χ2v) is 10.3. The molecule has 184 valence electrons. The molecule has 0 aliphatic carbocycles. The van der Waals surface area contributed by atoms with Gasteiger partial charge in [0.1, 0.15) is 23.6 Å². The molecule has 0 amide bonds. The van der Waals surface area contributed by atoms with Gasteiger partial charge in [-0.2, -0.15) is 5.10 Å². The van der Waals surface area contributed by atoms with Crippen molar-refractivity contribution in [1.29, 1.82) is 0 Å². The fourth-order valence-electron chi connectivity index (χ4n) is 5.11. The number of aromatic nitrogens is 5. The monoisotopic (exact) mass is 506 g/mol. The number of pyridine rings is 2. The van der Waals surface area contributed by atoms with E-state index in [0.29, 0.717) is 6.61 Å². The second-order valence-electron chi connectivity index (χ2n) is 9.40. The van der Waals surface area contributed by atoms with Gasteiger partial charge in [0.05, 0.1) is 23.1 Å². The van der Waals surface area contributed by atoms with Gasteiger partial charge in [-0.25, -0.2) is 4.98 Å². The van der Waals surface area contributed by atoms with Crippen molar-refractivity contribution < 1.29 is 4.74 Å². The number of thiophene rings is 1. The van der Waals surface area contributed by atoms with Gasteiger partial charge in [-0.15, -0.1) is 11.3 Å². The van der Waals surface area contributed by atoms with Crippen LogP contribution in [0.15, 0.2) is 72.4 Å². The zero-order valence-electron chi connectivity index (χ0n) is 20.3. The van der Waals surface area contributed by atoms with Crippen molar-refractivity contribution in [2.75, 3.05) is 26.2 Å². The number of H-pyrrole nitrogens is 2. The maximum Gasteiger partial charge on any atom is 0.138 e. The van der Waals surface area contributed by atoms with Crippen LogP contribution in [0.1, 0.15) is 12.8 Å². The van der Waals surface area contributed by atoms with E-state index in [1.807, 2.05) is 24.4 Å². The molecule has 1 fully saturated rings. The van der Waals surface area contributed by atoms with Gasteiger partial charge in [-0.3, -0.25) is 15.0 Å². The van der Waals surface area contributed by atoms with Crippen molar-refractivity contribution in [3.8, 4) is 38.8 Å². The molecular weight excluding hydrogens is 480 g/mol. The lowest BCUT2D eigenvalue weighted by Gasteiger charge is -2.15. The Morgan fingerprint density at radius 1 is 0.973 bits per heavy atom. The number of hydrogen-bond donors (Lipinski definition) is 2. The lowest BCUT2D eigenvalue weighted by atomic mass is 10.1. The van der Waals surface area contributed by atoms with E-state index in [-0.39, 0.29) is 0 Å². The highest BCUT2D eigenvalue weighted by Crippen LogP contribution is 2.35. The van der Waals surface area contributed by atoms with E-state index in [1.165, 1.54) is 41.8 Å². The first-order chi connectivity index (χ1) is 18.3. The van der Waals surface area contributed by atoms with Gasteiger partial charge in [-0.05, 0) is 67.7 Å². The molecule has 6 heterocycles. The fraction of sp³-hybridized carbons (Fsp3) is 0.207. The van der Waals surface area contributed by atoms with Crippen LogP contribution in [-0.4, -0.2) is 56.3 Å². The number of likely N-dealkylation sites (tertiary alicyclic amines) is 1. The number of nitrogens with zero attached hydrogens (tertiary/aromatic N) is 4.